The Morgan fingerprint density at radius 1 is 1.27 bits per heavy atom. The van der Waals surface area contributed by atoms with Crippen molar-refractivity contribution in [1.82, 2.24) is 0 Å². The van der Waals surface area contributed by atoms with E-state index in [1.165, 1.54) is 13.8 Å². The molecule has 0 saturated heterocycles. The van der Waals surface area contributed by atoms with Gasteiger partial charge in [-0.15, -0.1) is 0 Å². The summed E-state index contributed by atoms with van der Waals surface area (Å²) in [5.41, 5.74) is 0. The molecule has 0 N–H and O–H groups in total. The fourth-order valence-corrected chi connectivity index (χ4v) is 1.56. The number of alkyl halides is 2. The van der Waals surface area contributed by atoms with Crippen LogP contribution in [0, 0.1) is 17.8 Å². The van der Waals surface area contributed by atoms with Crippen molar-refractivity contribution in [2.45, 2.75) is 26.7 Å². The van der Waals surface area contributed by atoms with Crippen LogP contribution < -0.4 is 0 Å². The van der Waals surface area contributed by atoms with Gasteiger partial charge in [0.05, 0.1) is 5.92 Å². The average Bonchev–Trinajstić information content (AvgIpc) is 2.06. The van der Waals surface area contributed by atoms with Gasteiger partial charge in [-0.25, -0.2) is 8.78 Å². The van der Waals surface area contributed by atoms with Gasteiger partial charge in [-0.1, -0.05) is 13.8 Å². The number of hydrogen-bond acceptors (Lipinski definition) is 1. The van der Waals surface area contributed by atoms with Crippen LogP contribution in [0.2, 0.25) is 0 Å². The van der Waals surface area contributed by atoms with E-state index in [9.17, 15) is 13.6 Å². The molecule has 0 spiro atoms. The van der Waals surface area contributed by atoms with Gasteiger partial charge in [0.2, 0.25) is 0 Å². The number of halogens is 2. The Bertz CT molecular complexity index is 189. The zero-order valence-corrected chi connectivity index (χ0v) is 6.90. The number of hydrogen-bond donors (Lipinski definition) is 0. The molecule has 0 aliphatic heterocycles. The van der Waals surface area contributed by atoms with Crippen LogP contribution in [0.1, 0.15) is 20.8 Å². The van der Waals surface area contributed by atoms with Crippen molar-refractivity contribution in [3.8, 4) is 0 Å². The van der Waals surface area contributed by atoms with Gasteiger partial charge in [-0.3, -0.25) is 4.79 Å². The SMILES string of the molecule is CC1C(=O)C(C)C(F)(F)C1C. The van der Waals surface area contributed by atoms with Crippen LogP contribution in [-0.4, -0.2) is 11.7 Å². The smallest absolute Gasteiger partial charge is 0.260 e. The Labute approximate surface area is 64.8 Å². The molecule has 0 aromatic rings. The molecular formula is C8H12F2O. The second-order valence-electron chi connectivity index (χ2n) is 3.38. The van der Waals surface area contributed by atoms with Gasteiger partial charge < -0.3 is 0 Å². The maximum atomic E-state index is 13.0. The summed E-state index contributed by atoms with van der Waals surface area (Å²) < 4.78 is 26.0. The van der Waals surface area contributed by atoms with Gasteiger partial charge >= 0.3 is 0 Å². The lowest BCUT2D eigenvalue weighted by atomic mass is 9.98. The van der Waals surface area contributed by atoms with Crippen LogP contribution in [0.15, 0.2) is 0 Å². The minimum atomic E-state index is -2.80. The molecule has 1 fully saturated rings. The fraction of sp³-hybridized carbons (Fsp3) is 0.875. The van der Waals surface area contributed by atoms with Gasteiger partial charge in [0.15, 0.2) is 0 Å². The lowest BCUT2D eigenvalue weighted by Gasteiger charge is -2.18. The summed E-state index contributed by atoms with van der Waals surface area (Å²) in [4.78, 5) is 11.1. The van der Waals surface area contributed by atoms with Crippen molar-refractivity contribution in [2.75, 3.05) is 0 Å². The molecule has 0 aromatic carbocycles. The second-order valence-corrected chi connectivity index (χ2v) is 3.38. The van der Waals surface area contributed by atoms with Crippen LogP contribution >= 0.6 is 0 Å². The summed E-state index contributed by atoms with van der Waals surface area (Å²) in [6.07, 6.45) is 0. The molecule has 64 valence electrons. The summed E-state index contributed by atoms with van der Waals surface area (Å²) in [5, 5.41) is 0. The third kappa shape index (κ3) is 0.976. The summed E-state index contributed by atoms with van der Waals surface area (Å²) in [6, 6.07) is 0. The first-order valence-electron chi connectivity index (χ1n) is 3.80. The van der Waals surface area contributed by atoms with E-state index in [2.05, 4.69) is 0 Å². The highest BCUT2D eigenvalue weighted by molar-refractivity contribution is 5.86. The predicted octanol–water partition coefficient (Wildman–Crippen LogP) is 2.11. The van der Waals surface area contributed by atoms with E-state index in [1.807, 2.05) is 0 Å². The van der Waals surface area contributed by atoms with Gasteiger partial charge in [-0.2, -0.15) is 0 Å². The molecule has 3 unspecified atom stereocenters. The molecule has 1 nitrogen and oxygen atoms in total. The van der Waals surface area contributed by atoms with E-state index in [0.29, 0.717) is 0 Å². The Morgan fingerprint density at radius 2 is 1.73 bits per heavy atom. The molecule has 0 heterocycles. The number of ketones is 1. The van der Waals surface area contributed by atoms with Crippen molar-refractivity contribution >= 4 is 5.78 Å². The molecule has 11 heavy (non-hydrogen) atoms. The second kappa shape index (κ2) is 2.26. The van der Waals surface area contributed by atoms with Crippen LogP contribution in [0.25, 0.3) is 0 Å². The predicted molar refractivity (Wildman–Crippen MR) is 37.4 cm³/mol. The van der Waals surface area contributed by atoms with Gasteiger partial charge in [0.25, 0.3) is 5.92 Å². The monoisotopic (exact) mass is 162 g/mol. The average molecular weight is 162 g/mol. The molecule has 3 atom stereocenters. The number of carbonyl (C=O) groups is 1. The lowest BCUT2D eigenvalue weighted by molar-refractivity contribution is -0.127. The molecule has 0 bridgehead atoms. The Hall–Kier alpha value is -0.470. The summed E-state index contributed by atoms with van der Waals surface area (Å²) in [7, 11) is 0. The zero-order valence-electron chi connectivity index (χ0n) is 6.90. The lowest BCUT2D eigenvalue weighted by Crippen LogP contribution is -2.27. The molecule has 0 amide bonds. The number of carbonyl (C=O) groups excluding carboxylic acids is 1. The number of Topliss-reactive ketones (excluding diaryl/α,β-unsaturated/α-hetero) is 1. The molecular weight excluding hydrogens is 150 g/mol. The Morgan fingerprint density at radius 3 is 1.82 bits per heavy atom. The first kappa shape index (κ1) is 8.62. The van der Waals surface area contributed by atoms with Crippen LogP contribution in [0.3, 0.4) is 0 Å². The molecule has 0 aromatic heterocycles. The molecule has 0 radical (unpaired) electrons. The van der Waals surface area contributed by atoms with Crippen molar-refractivity contribution in [1.29, 1.82) is 0 Å². The molecule has 1 aliphatic carbocycles. The van der Waals surface area contributed by atoms with Crippen molar-refractivity contribution in [3.63, 3.8) is 0 Å². The topological polar surface area (TPSA) is 17.1 Å². The summed E-state index contributed by atoms with van der Waals surface area (Å²) in [6.45, 7) is 4.32. The van der Waals surface area contributed by atoms with E-state index >= 15 is 0 Å². The first-order valence-corrected chi connectivity index (χ1v) is 3.80. The third-order valence-corrected chi connectivity index (χ3v) is 2.81. The van der Waals surface area contributed by atoms with Crippen LogP contribution in [-0.2, 0) is 4.79 Å². The zero-order chi connectivity index (χ0) is 8.81. The summed E-state index contributed by atoms with van der Waals surface area (Å²) in [5.74, 6) is -5.48. The quantitative estimate of drug-likeness (QED) is 0.533. The Kier molecular flexibility index (Phi) is 1.77. The standard InChI is InChI=1S/C8H12F2O/c1-4-5(2)8(9,10)6(3)7(4)11/h4-6H,1-3H3. The van der Waals surface area contributed by atoms with E-state index in [4.69, 9.17) is 0 Å². The third-order valence-electron chi connectivity index (χ3n) is 2.81. The molecule has 1 rings (SSSR count). The largest absolute Gasteiger partial charge is 0.299 e. The van der Waals surface area contributed by atoms with Gasteiger partial charge in [-0.05, 0) is 6.92 Å². The van der Waals surface area contributed by atoms with Gasteiger partial charge in [0.1, 0.15) is 5.78 Å². The van der Waals surface area contributed by atoms with E-state index in [-0.39, 0.29) is 5.78 Å². The number of rotatable bonds is 0. The highest BCUT2D eigenvalue weighted by Crippen LogP contribution is 2.45. The van der Waals surface area contributed by atoms with Crippen LogP contribution in [0.4, 0.5) is 8.78 Å². The minimum absolute atomic E-state index is 0.303. The minimum Gasteiger partial charge on any atom is -0.299 e. The van der Waals surface area contributed by atoms with Crippen molar-refractivity contribution in [3.05, 3.63) is 0 Å². The normalized spacial score (nSPS) is 43.0. The summed E-state index contributed by atoms with van der Waals surface area (Å²) >= 11 is 0. The fourth-order valence-electron chi connectivity index (χ4n) is 1.56. The van der Waals surface area contributed by atoms with Crippen molar-refractivity contribution < 1.29 is 13.6 Å². The molecule has 3 heteroatoms. The van der Waals surface area contributed by atoms with Crippen molar-refractivity contribution in [2.24, 2.45) is 17.8 Å². The van der Waals surface area contributed by atoms with E-state index in [0.717, 1.165) is 0 Å². The first-order chi connectivity index (χ1) is 4.89. The maximum absolute atomic E-state index is 13.0. The highest BCUT2D eigenvalue weighted by Gasteiger charge is 2.56. The van der Waals surface area contributed by atoms with Gasteiger partial charge in [0, 0.05) is 11.8 Å². The highest BCUT2D eigenvalue weighted by atomic mass is 19.3. The van der Waals surface area contributed by atoms with E-state index < -0.39 is 23.7 Å². The molecule has 1 saturated carbocycles. The van der Waals surface area contributed by atoms with E-state index in [1.54, 1.807) is 6.92 Å². The Balaban J connectivity index is 2.96. The maximum Gasteiger partial charge on any atom is 0.260 e. The molecule has 1 aliphatic rings. The van der Waals surface area contributed by atoms with Crippen LogP contribution in [0.5, 0.6) is 0 Å².